The average molecular weight is 563 g/mol. The monoisotopic (exact) mass is 562 g/mol. The summed E-state index contributed by atoms with van der Waals surface area (Å²) in [6.07, 6.45) is 0. The molecule has 198 valence electrons. The summed E-state index contributed by atoms with van der Waals surface area (Å²) >= 11 is 12.5. The van der Waals surface area contributed by atoms with Crippen LogP contribution in [-0.2, 0) is 13.2 Å². The predicted molar refractivity (Wildman–Crippen MR) is 150 cm³/mol. The number of hydrogen-bond donors (Lipinski definition) is 1. The lowest BCUT2D eigenvalue weighted by Crippen LogP contribution is -2.05. The molecule has 1 N–H and O–H groups in total. The molecule has 0 atom stereocenters. The molecule has 5 aromatic rings. The fourth-order valence-electron chi connectivity index (χ4n) is 4.16. The second-order valence-corrected chi connectivity index (χ2v) is 10.0. The molecule has 2 aromatic heterocycles. The predicted octanol–water partition coefficient (Wildman–Crippen LogP) is 8.18. The van der Waals surface area contributed by atoms with E-state index in [-0.39, 0.29) is 24.8 Å². The number of benzene rings is 3. The first kappa shape index (κ1) is 26.5. The summed E-state index contributed by atoms with van der Waals surface area (Å²) in [4.78, 5) is 15.4. The quantitative estimate of drug-likeness (QED) is 0.193. The summed E-state index contributed by atoms with van der Waals surface area (Å²) in [6.45, 7) is 4.42. The lowest BCUT2D eigenvalue weighted by Gasteiger charge is -2.12. The third-order valence-electron chi connectivity index (χ3n) is 6.18. The molecule has 0 radical (unpaired) electrons. The van der Waals surface area contributed by atoms with E-state index in [9.17, 15) is 4.79 Å². The largest absolute Gasteiger partial charge is 0.489 e. The highest BCUT2D eigenvalue weighted by Gasteiger charge is 2.21. The number of carboxylic acid groups (broad SMARTS) is 1. The first-order valence-electron chi connectivity index (χ1n) is 12.2. The minimum Gasteiger partial charge on any atom is -0.489 e. The van der Waals surface area contributed by atoms with E-state index >= 15 is 0 Å². The van der Waals surface area contributed by atoms with Gasteiger partial charge in [0.05, 0.1) is 21.1 Å². The van der Waals surface area contributed by atoms with Crippen LogP contribution in [0.2, 0.25) is 10.0 Å². The highest BCUT2D eigenvalue weighted by Crippen LogP contribution is 2.34. The van der Waals surface area contributed by atoms with Gasteiger partial charge >= 0.3 is 5.97 Å². The van der Waals surface area contributed by atoms with Crippen molar-refractivity contribution in [1.82, 2.24) is 10.1 Å². The Morgan fingerprint density at radius 1 is 0.923 bits per heavy atom. The topological polar surface area (TPSA) is 94.7 Å². The molecular formula is C30H24Cl2N2O5. The molecule has 3 aromatic carbocycles. The minimum absolute atomic E-state index is 0.0209. The lowest BCUT2D eigenvalue weighted by molar-refractivity contribution is 0.0691. The molecule has 0 aliphatic carbocycles. The van der Waals surface area contributed by atoms with E-state index in [0.717, 1.165) is 27.8 Å². The Bertz CT molecular complexity index is 1630. The molecule has 9 heteroatoms. The van der Waals surface area contributed by atoms with Gasteiger partial charge in [0.25, 0.3) is 0 Å². The van der Waals surface area contributed by atoms with Crippen molar-refractivity contribution in [3.05, 3.63) is 106 Å². The number of carboxylic acids is 1. The maximum atomic E-state index is 11.2. The molecule has 0 aliphatic rings. The van der Waals surface area contributed by atoms with Gasteiger partial charge in [-0.15, -0.1) is 0 Å². The second kappa shape index (κ2) is 11.4. The summed E-state index contributed by atoms with van der Waals surface area (Å²) in [7, 11) is 0. The summed E-state index contributed by atoms with van der Waals surface area (Å²) in [5.74, 6) is 0.859. The molecule has 0 saturated heterocycles. The van der Waals surface area contributed by atoms with Crippen molar-refractivity contribution >= 4 is 40.1 Å². The van der Waals surface area contributed by atoms with Gasteiger partial charge in [0.1, 0.15) is 36.1 Å². The van der Waals surface area contributed by atoms with Crippen LogP contribution in [0.15, 0.2) is 77.3 Å². The Balaban J connectivity index is 1.30. The SMILES string of the molecule is CC(C)c1onc(COc2c(Cl)cccc2Cl)c1COc1ccc(-c2ccc3nc(C(=O)O)ccc3c2)cc1. The van der Waals surface area contributed by atoms with Crippen LogP contribution in [0.25, 0.3) is 22.0 Å². The second-order valence-electron chi connectivity index (χ2n) is 9.19. The summed E-state index contributed by atoms with van der Waals surface area (Å²) in [6, 6.07) is 21.9. The number of aromatic nitrogens is 2. The Labute approximate surface area is 234 Å². The summed E-state index contributed by atoms with van der Waals surface area (Å²) in [5, 5.41) is 15.1. The first-order chi connectivity index (χ1) is 18.8. The van der Waals surface area contributed by atoms with E-state index in [4.69, 9.17) is 42.3 Å². The third kappa shape index (κ3) is 5.85. The summed E-state index contributed by atoms with van der Waals surface area (Å²) < 4.78 is 17.6. The third-order valence-corrected chi connectivity index (χ3v) is 6.77. The van der Waals surface area contributed by atoms with Crippen molar-refractivity contribution in [2.45, 2.75) is 33.0 Å². The number of para-hydroxylation sites is 1. The van der Waals surface area contributed by atoms with Crippen molar-refractivity contribution in [2.75, 3.05) is 0 Å². The van der Waals surface area contributed by atoms with Crippen molar-refractivity contribution in [1.29, 1.82) is 0 Å². The smallest absolute Gasteiger partial charge is 0.354 e. The van der Waals surface area contributed by atoms with Gasteiger partial charge in [-0.3, -0.25) is 0 Å². The number of aromatic carboxylic acids is 1. The zero-order chi connectivity index (χ0) is 27.5. The molecule has 7 nitrogen and oxygen atoms in total. The molecular weight excluding hydrogens is 539 g/mol. The number of nitrogens with zero attached hydrogens (tertiary/aromatic N) is 2. The number of rotatable bonds is 9. The van der Waals surface area contributed by atoms with Gasteiger partial charge in [-0.25, -0.2) is 9.78 Å². The van der Waals surface area contributed by atoms with Gasteiger partial charge in [-0.1, -0.05) is 72.5 Å². The highest BCUT2D eigenvalue weighted by atomic mass is 35.5. The number of fused-ring (bicyclic) bond motifs is 1. The zero-order valence-electron chi connectivity index (χ0n) is 21.2. The van der Waals surface area contributed by atoms with E-state index in [2.05, 4.69) is 10.1 Å². The van der Waals surface area contributed by atoms with Crippen LogP contribution >= 0.6 is 23.2 Å². The molecule has 0 bridgehead atoms. The van der Waals surface area contributed by atoms with Gasteiger partial charge < -0.3 is 19.1 Å². The van der Waals surface area contributed by atoms with E-state index < -0.39 is 5.97 Å². The van der Waals surface area contributed by atoms with Crippen molar-refractivity contribution in [3.8, 4) is 22.6 Å². The summed E-state index contributed by atoms with van der Waals surface area (Å²) in [5.41, 5.74) is 4.06. The molecule has 0 amide bonds. The number of ether oxygens (including phenoxy) is 2. The fourth-order valence-corrected chi connectivity index (χ4v) is 4.67. The molecule has 0 spiro atoms. The van der Waals surface area contributed by atoms with Crippen LogP contribution in [0.3, 0.4) is 0 Å². The number of hydrogen-bond acceptors (Lipinski definition) is 6. The Morgan fingerprint density at radius 3 is 2.33 bits per heavy atom. The van der Waals surface area contributed by atoms with Gasteiger partial charge in [0.2, 0.25) is 0 Å². The van der Waals surface area contributed by atoms with Gasteiger partial charge in [-0.05, 0) is 53.6 Å². The normalized spacial score (nSPS) is 11.2. The standard InChI is InChI=1S/C30H24Cl2N2O5/c1-17(2)28-22(27(34-39-28)16-38-29-23(31)4-3-5-24(29)32)15-37-21-10-6-18(7-11-21)19-8-12-25-20(14-19)9-13-26(33-25)30(35)36/h3-14,17H,15-16H2,1-2H3,(H,35,36). The van der Waals surface area contributed by atoms with Crippen LogP contribution in [0.5, 0.6) is 11.5 Å². The molecule has 0 saturated carbocycles. The first-order valence-corrected chi connectivity index (χ1v) is 13.0. The maximum Gasteiger partial charge on any atom is 0.354 e. The van der Waals surface area contributed by atoms with Gasteiger partial charge in [0, 0.05) is 11.3 Å². The van der Waals surface area contributed by atoms with Crippen LogP contribution in [0.4, 0.5) is 0 Å². The van der Waals surface area contributed by atoms with E-state index in [1.54, 1.807) is 24.3 Å². The molecule has 0 unspecified atom stereocenters. The number of pyridine rings is 1. The van der Waals surface area contributed by atoms with Crippen molar-refractivity contribution in [3.63, 3.8) is 0 Å². The lowest BCUT2D eigenvalue weighted by atomic mass is 10.0. The van der Waals surface area contributed by atoms with E-state index in [1.165, 1.54) is 6.07 Å². The fraction of sp³-hybridized carbons (Fsp3) is 0.167. The molecule has 39 heavy (non-hydrogen) atoms. The minimum atomic E-state index is -1.05. The Hall–Kier alpha value is -4.07. The molecule has 0 aliphatic heterocycles. The number of halogens is 2. The zero-order valence-corrected chi connectivity index (χ0v) is 22.7. The van der Waals surface area contributed by atoms with Crippen molar-refractivity contribution in [2.24, 2.45) is 0 Å². The molecule has 2 heterocycles. The van der Waals surface area contributed by atoms with Crippen LogP contribution in [-0.4, -0.2) is 21.2 Å². The van der Waals surface area contributed by atoms with E-state index in [0.29, 0.717) is 32.8 Å². The Morgan fingerprint density at radius 2 is 1.64 bits per heavy atom. The number of carbonyl (C=O) groups is 1. The average Bonchev–Trinajstić information content (AvgIpc) is 3.34. The van der Waals surface area contributed by atoms with E-state index in [1.807, 2.05) is 56.3 Å². The molecule has 5 rings (SSSR count). The van der Waals surface area contributed by atoms with Crippen molar-refractivity contribution < 1.29 is 23.9 Å². The van der Waals surface area contributed by atoms with Crippen LogP contribution < -0.4 is 9.47 Å². The highest BCUT2D eigenvalue weighted by molar-refractivity contribution is 6.37. The van der Waals surface area contributed by atoms with Crippen LogP contribution in [0.1, 0.15) is 47.3 Å². The molecule has 0 fully saturated rings. The maximum absolute atomic E-state index is 11.2. The van der Waals surface area contributed by atoms with Gasteiger partial charge in [0.15, 0.2) is 5.75 Å². The Kier molecular flexibility index (Phi) is 7.72. The van der Waals surface area contributed by atoms with Gasteiger partial charge in [-0.2, -0.15) is 0 Å². The van der Waals surface area contributed by atoms with Crippen LogP contribution in [0, 0.1) is 0 Å².